The molecule has 0 aliphatic heterocycles. The van der Waals surface area contributed by atoms with Gasteiger partial charge in [-0.2, -0.15) is 0 Å². The second kappa shape index (κ2) is 7.56. The van der Waals surface area contributed by atoms with Gasteiger partial charge in [0.2, 0.25) is 5.91 Å². The number of nitrogens with one attached hydrogen (secondary N) is 1. The van der Waals surface area contributed by atoms with Crippen molar-refractivity contribution < 1.29 is 9.53 Å². The molecule has 1 aliphatic carbocycles. The van der Waals surface area contributed by atoms with Crippen molar-refractivity contribution in [1.82, 2.24) is 9.55 Å². The zero-order valence-corrected chi connectivity index (χ0v) is 17.2. The summed E-state index contributed by atoms with van der Waals surface area (Å²) in [6.07, 6.45) is 5.59. The van der Waals surface area contributed by atoms with Gasteiger partial charge in [0.05, 0.1) is 24.5 Å². The van der Waals surface area contributed by atoms with Crippen LogP contribution in [-0.2, 0) is 17.6 Å². The van der Waals surface area contributed by atoms with Crippen molar-refractivity contribution in [3.63, 3.8) is 0 Å². The number of aromatic nitrogens is 2. The maximum atomic E-state index is 13.1. The minimum absolute atomic E-state index is 0.162. The average Bonchev–Trinajstić information content (AvgIpc) is 3.07. The molecule has 146 valence electrons. The quantitative estimate of drug-likeness (QED) is 0.690. The molecule has 28 heavy (non-hydrogen) atoms. The number of hydrogen-bond acceptors (Lipinski definition) is 5. The first-order valence-electron chi connectivity index (χ1n) is 9.15. The van der Waals surface area contributed by atoms with Crippen LogP contribution in [-0.4, -0.2) is 22.6 Å². The lowest BCUT2D eigenvalue weighted by Gasteiger charge is -2.17. The molecule has 1 aromatic carbocycles. The minimum Gasteiger partial charge on any atom is -0.495 e. The van der Waals surface area contributed by atoms with Gasteiger partial charge < -0.3 is 10.1 Å². The lowest BCUT2D eigenvalue weighted by Crippen LogP contribution is -2.32. The normalized spacial score (nSPS) is 14.5. The molecule has 3 aromatic rings. The van der Waals surface area contributed by atoms with Gasteiger partial charge in [0, 0.05) is 9.90 Å². The van der Waals surface area contributed by atoms with Gasteiger partial charge in [0.15, 0.2) is 0 Å². The van der Waals surface area contributed by atoms with E-state index in [2.05, 4.69) is 10.3 Å². The summed E-state index contributed by atoms with van der Waals surface area (Å²) >= 11 is 7.62. The van der Waals surface area contributed by atoms with Crippen LogP contribution >= 0.6 is 22.9 Å². The minimum atomic E-state index is -0.729. The average molecular weight is 418 g/mol. The number of anilines is 1. The van der Waals surface area contributed by atoms with Gasteiger partial charge in [0.25, 0.3) is 5.56 Å². The Balaban J connectivity index is 1.68. The summed E-state index contributed by atoms with van der Waals surface area (Å²) in [6.45, 7) is 1.68. The molecule has 1 atom stereocenters. The molecular weight excluding hydrogens is 398 g/mol. The Hall–Kier alpha value is -2.38. The highest BCUT2D eigenvalue weighted by atomic mass is 35.5. The second-order valence-electron chi connectivity index (χ2n) is 6.86. The Bertz CT molecular complexity index is 1120. The molecule has 2 heterocycles. The highest BCUT2D eigenvalue weighted by molar-refractivity contribution is 7.18. The van der Waals surface area contributed by atoms with Gasteiger partial charge in [-0.3, -0.25) is 14.2 Å². The van der Waals surface area contributed by atoms with Crippen molar-refractivity contribution >= 4 is 44.7 Å². The van der Waals surface area contributed by atoms with Crippen LogP contribution in [0.5, 0.6) is 5.75 Å². The van der Waals surface area contributed by atoms with Crippen molar-refractivity contribution in [2.24, 2.45) is 0 Å². The molecule has 6 nitrogen and oxygen atoms in total. The Kier molecular flexibility index (Phi) is 5.12. The fraction of sp³-hybridized carbons (Fsp3) is 0.350. The fourth-order valence-corrected chi connectivity index (χ4v) is 4.97. The molecule has 0 fully saturated rings. The first-order chi connectivity index (χ1) is 13.5. The molecule has 2 aromatic heterocycles. The molecule has 0 saturated heterocycles. The fourth-order valence-electron chi connectivity index (χ4n) is 3.58. The summed E-state index contributed by atoms with van der Waals surface area (Å²) in [7, 11) is 1.52. The molecule has 0 radical (unpaired) electrons. The molecule has 0 spiro atoms. The lowest BCUT2D eigenvalue weighted by molar-refractivity contribution is -0.118. The first-order valence-corrected chi connectivity index (χ1v) is 10.3. The van der Waals surface area contributed by atoms with E-state index < -0.39 is 6.04 Å². The predicted molar refractivity (Wildman–Crippen MR) is 112 cm³/mol. The summed E-state index contributed by atoms with van der Waals surface area (Å²) < 4.78 is 6.67. The van der Waals surface area contributed by atoms with Crippen LogP contribution in [0.25, 0.3) is 10.2 Å². The van der Waals surface area contributed by atoms with Gasteiger partial charge in [0.1, 0.15) is 16.6 Å². The third-order valence-electron chi connectivity index (χ3n) is 5.12. The molecular formula is C20H20ClN3O3S. The first kappa shape index (κ1) is 19.0. The topological polar surface area (TPSA) is 73.2 Å². The Morgan fingerprint density at radius 2 is 2.14 bits per heavy atom. The van der Waals surface area contributed by atoms with Crippen LogP contribution in [0.1, 0.15) is 36.2 Å². The number of benzene rings is 1. The number of hydrogen-bond donors (Lipinski definition) is 1. The van der Waals surface area contributed by atoms with E-state index in [1.54, 1.807) is 36.5 Å². The standard InChI is InChI=1S/C20H20ClN3O3S/c1-11(18(25)23-14-9-12(21)7-8-15(14)27-2)24-10-22-19-17(20(24)26)13-5-3-4-6-16(13)28-19/h7-11H,3-6H2,1-2H3,(H,23,25). The Morgan fingerprint density at radius 1 is 1.36 bits per heavy atom. The highest BCUT2D eigenvalue weighted by Gasteiger charge is 2.23. The Morgan fingerprint density at radius 3 is 2.93 bits per heavy atom. The number of rotatable bonds is 4. The number of amides is 1. The van der Waals surface area contributed by atoms with Crippen LogP contribution in [0.4, 0.5) is 5.69 Å². The summed E-state index contributed by atoms with van der Waals surface area (Å²) in [5.41, 5.74) is 1.41. The van der Waals surface area contributed by atoms with Crippen molar-refractivity contribution in [2.45, 2.75) is 38.6 Å². The van der Waals surface area contributed by atoms with E-state index in [0.29, 0.717) is 21.8 Å². The van der Waals surface area contributed by atoms with Gasteiger partial charge in [-0.15, -0.1) is 11.3 Å². The van der Waals surface area contributed by atoms with Crippen LogP contribution in [0, 0.1) is 0 Å². The number of halogens is 1. The van der Waals surface area contributed by atoms with Crippen molar-refractivity contribution in [3.8, 4) is 5.75 Å². The summed E-state index contributed by atoms with van der Waals surface area (Å²) in [6, 6.07) is 4.25. The van der Waals surface area contributed by atoms with E-state index in [1.807, 2.05) is 0 Å². The van der Waals surface area contributed by atoms with Crippen LogP contribution in [0.3, 0.4) is 0 Å². The number of ether oxygens (including phenoxy) is 1. The number of fused-ring (bicyclic) bond motifs is 3. The summed E-state index contributed by atoms with van der Waals surface area (Å²) in [5.74, 6) is 0.158. The molecule has 8 heteroatoms. The van der Waals surface area contributed by atoms with Crippen molar-refractivity contribution in [1.29, 1.82) is 0 Å². The van der Waals surface area contributed by atoms with E-state index in [-0.39, 0.29) is 11.5 Å². The molecule has 4 rings (SSSR count). The largest absolute Gasteiger partial charge is 0.495 e. The molecule has 0 saturated carbocycles. The van der Waals surface area contributed by atoms with E-state index in [4.69, 9.17) is 16.3 Å². The number of aryl methyl sites for hydroxylation is 2. The third kappa shape index (κ3) is 3.29. The van der Waals surface area contributed by atoms with Gasteiger partial charge in [-0.05, 0) is 56.4 Å². The zero-order chi connectivity index (χ0) is 19.8. The predicted octanol–water partition coefficient (Wildman–Crippen LogP) is 4.20. The van der Waals surface area contributed by atoms with E-state index in [9.17, 15) is 9.59 Å². The van der Waals surface area contributed by atoms with E-state index in [1.165, 1.54) is 22.9 Å². The number of carbonyl (C=O) groups excluding carboxylic acids is 1. The van der Waals surface area contributed by atoms with Crippen LogP contribution in [0.15, 0.2) is 29.3 Å². The van der Waals surface area contributed by atoms with Gasteiger partial charge in [-0.1, -0.05) is 11.6 Å². The van der Waals surface area contributed by atoms with Crippen LogP contribution in [0.2, 0.25) is 5.02 Å². The van der Waals surface area contributed by atoms with Gasteiger partial charge in [-0.25, -0.2) is 4.98 Å². The number of nitrogens with zero attached hydrogens (tertiary/aromatic N) is 2. The number of methoxy groups -OCH3 is 1. The van der Waals surface area contributed by atoms with Gasteiger partial charge >= 0.3 is 0 Å². The summed E-state index contributed by atoms with van der Waals surface area (Å²) in [4.78, 5) is 32.4. The SMILES string of the molecule is COc1ccc(Cl)cc1NC(=O)C(C)n1cnc2sc3c(c2c1=O)CCCC3. The van der Waals surface area contributed by atoms with E-state index in [0.717, 1.165) is 36.1 Å². The zero-order valence-electron chi connectivity index (χ0n) is 15.6. The van der Waals surface area contributed by atoms with E-state index >= 15 is 0 Å². The molecule has 1 N–H and O–H groups in total. The highest BCUT2D eigenvalue weighted by Crippen LogP contribution is 2.33. The molecule has 1 unspecified atom stereocenters. The summed E-state index contributed by atoms with van der Waals surface area (Å²) in [5, 5.41) is 3.95. The third-order valence-corrected chi connectivity index (χ3v) is 6.55. The number of thiophene rings is 1. The second-order valence-corrected chi connectivity index (χ2v) is 8.38. The molecule has 1 aliphatic rings. The monoisotopic (exact) mass is 417 g/mol. The lowest BCUT2D eigenvalue weighted by atomic mass is 9.97. The smallest absolute Gasteiger partial charge is 0.263 e. The molecule has 0 bridgehead atoms. The molecule has 1 amide bonds. The maximum Gasteiger partial charge on any atom is 0.263 e. The van der Waals surface area contributed by atoms with Crippen LogP contribution < -0.4 is 15.6 Å². The number of carbonyl (C=O) groups is 1. The Labute approximate surface area is 171 Å². The van der Waals surface area contributed by atoms with Crippen molar-refractivity contribution in [3.05, 3.63) is 50.3 Å². The maximum absolute atomic E-state index is 13.1. The van der Waals surface area contributed by atoms with Crippen molar-refractivity contribution in [2.75, 3.05) is 12.4 Å².